The monoisotopic (exact) mass is 173 g/mol. The van der Waals surface area contributed by atoms with Crippen LogP contribution < -0.4 is 5.73 Å². The second kappa shape index (κ2) is 2.25. The number of fused-ring (bicyclic) bond motifs is 1. The first-order valence-electron chi connectivity index (χ1n) is 4.58. The lowest BCUT2D eigenvalue weighted by Crippen LogP contribution is -1.83. The first-order chi connectivity index (χ1) is 6.34. The number of hydrogen-bond acceptors (Lipinski definition) is 2. The molecule has 2 aromatic rings. The summed E-state index contributed by atoms with van der Waals surface area (Å²) in [6, 6.07) is 6.38. The second-order valence-corrected chi connectivity index (χ2v) is 3.69. The van der Waals surface area contributed by atoms with Crippen molar-refractivity contribution < 1.29 is 0 Å². The van der Waals surface area contributed by atoms with Gasteiger partial charge in [-0.2, -0.15) is 5.10 Å². The minimum Gasteiger partial charge on any atom is -0.382 e. The minimum absolute atomic E-state index is 0.595. The number of aromatic amines is 1. The van der Waals surface area contributed by atoms with Crippen LogP contribution >= 0.6 is 0 Å². The molecule has 1 aromatic heterocycles. The number of benzene rings is 1. The quantitative estimate of drug-likeness (QED) is 0.693. The lowest BCUT2D eigenvalue weighted by Gasteiger charge is -1.96. The van der Waals surface area contributed by atoms with Crippen molar-refractivity contribution in [2.75, 3.05) is 5.73 Å². The van der Waals surface area contributed by atoms with Crippen molar-refractivity contribution >= 4 is 16.7 Å². The molecule has 13 heavy (non-hydrogen) atoms. The Morgan fingerprint density at radius 1 is 1.38 bits per heavy atom. The molecule has 0 aliphatic heterocycles. The Labute approximate surface area is 75.9 Å². The molecule has 0 unspecified atom stereocenters. The topological polar surface area (TPSA) is 54.7 Å². The first-order valence-corrected chi connectivity index (χ1v) is 4.58. The number of rotatable bonds is 1. The number of nitrogens with one attached hydrogen (secondary N) is 1. The van der Waals surface area contributed by atoms with Gasteiger partial charge >= 0.3 is 0 Å². The molecule has 3 rings (SSSR count). The Morgan fingerprint density at radius 3 is 3.00 bits per heavy atom. The molecule has 1 fully saturated rings. The largest absolute Gasteiger partial charge is 0.382 e. The van der Waals surface area contributed by atoms with Crippen LogP contribution in [0.5, 0.6) is 0 Å². The average Bonchev–Trinajstić information content (AvgIpc) is 2.93. The summed E-state index contributed by atoms with van der Waals surface area (Å²) < 4.78 is 0. The van der Waals surface area contributed by atoms with Gasteiger partial charge in [-0.3, -0.25) is 5.10 Å². The van der Waals surface area contributed by atoms with Crippen molar-refractivity contribution in [2.45, 2.75) is 18.8 Å². The summed E-state index contributed by atoms with van der Waals surface area (Å²) in [5.74, 6) is 1.38. The van der Waals surface area contributed by atoms with Gasteiger partial charge in [0.2, 0.25) is 0 Å². The first kappa shape index (κ1) is 6.95. The molecule has 0 radical (unpaired) electrons. The van der Waals surface area contributed by atoms with Crippen LogP contribution in [0.25, 0.3) is 10.9 Å². The molecule has 1 heterocycles. The fraction of sp³-hybridized carbons (Fsp3) is 0.300. The number of anilines is 1. The summed E-state index contributed by atoms with van der Waals surface area (Å²) in [5.41, 5.74) is 8.15. The van der Waals surface area contributed by atoms with E-state index >= 15 is 0 Å². The number of nitrogen functional groups attached to an aromatic ring is 1. The molecular formula is C10H11N3. The van der Waals surface area contributed by atoms with Crippen LogP contribution in [-0.4, -0.2) is 10.2 Å². The Kier molecular flexibility index (Phi) is 1.20. The molecule has 0 bridgehead atoms. The molecule has 0 amide bonds. The fourth-order valence-corrected chi connectivity index (χ4v) is 1.73. The van der Waals surface area contributed by atoms with Gasteiger partial charge in [0, 0.05) is 5.39 Å². The van der Waals surface area contributed by atoms with Crippen molar-refractivity contribution in [1.82, 2.24) is 10.2 Å². The van der Waals surface area contributed by atoms with E-state index in [0.29, 0.717) is 5.82 Å². The van der Waals surface area contributed by atoms with Crippen LogP contribution in [0.1, 0.15) is 24.3 Å². The molecule has 0 saturated heterocycles. The molecule has 1 aliphatic rings. The van der Waals surface area contributed by atoms with Crippen LogP contribution in [0.2, 0.25) is 0 Å². The van der Waals surface area contributed by atoms with E-state index in [9.17, 15) is 0 Å². The van der Waals surface area contributed by atoms with Gasteiger partial charge in [0.25, 0.3) is 0 Å². The summed E-state index contributed by atoms with van der Waals surface area (Å²) in [5, 5.41) is 7.94. The molecule has 3 nitrogen and oxygen atoms in total. The minimum atomic E-state index is 0.595. The SMILES string of the molecule is Nc1n[nH]c2cc(C3CC3)ccc12. The zero-order valence-electron chi connectivity index (χ0n) is 7.25. The summed E-state index contributed by atoms with van der Waals surface area (Å²) >= 11 is 0. The highest BCUT2D eigenvalue weighted by Crippen LogP contribution is 2.40. The average molecular weight is 173 g/mol. The second-order valence-electron chi connectivity index (χ2n) is 3.69. The normalized spacial score (nSPS) is 16.6. The van der Waals surface area contributed by atoms with E-state index in [1.807, 2.05) is 0 Å². The molecule has 66 valence electrons. The predicted molar refractivity (Wildman–Crippen MR) is 52.5 cm³/mol. The zero-order chi connectivity index (χ0) is 8.84. The van der Waals surface area contributed by atoms with Crippen molar-refractivity contribution in [3.05, 3.63) is 23.8 Å². The molecular weight excluding hydrogens is 162 g/mol. The van der Waals surface area contributed by atoms with Gasteiger partial charge in [0.1, 0.15) is 0 Å². The Balaban J connectivity index is 2.21. The Morgan fingerprint density at radius 2 is 2.23 bits per heavy atom. The third-order valence-corrected chi connectivity index (χ3v) is 2.67. The van der Waals surface area contributed by atoms with Crippen molar-refractivity contribution in [1.29, 1.82) is 0 Å². The Bertz CT molecular complexity index is 454. The van der Waals surface area contributed by atoms with Crippen molar-refractivity contribution in [3.8, 4) is 0 Å². The van der Waals surface area contributed by atoms with Crippen LogP contribution in [0.3, 0.4) is 0 Å². The Hall–Kier alpha value is -1.51. The van der Waals surface area contributed by atoms with E-state index in [1.165, 1.54) is 18.4 Å². The zero-order valence-corrected chi connectivity index (χ0v) is 7.25. The standard InChI is InChI=1S/C10H11N3/c11-10-8-4-3-7(6-1-2-6)5-9(8)12-13-10/h3-6H,1-2H2,(H3,11,12,13). The lowest BCUT2D eigenvalue weighted by atomic mass is 10.1. The van der Waals surface area contributed by atoms with Crippen LogP contribution in [-0.2, 0) is 0 Å². The highest BCUT2D eigenvalue weighted by Gasteiger charge is 2.23. The number of H-pyrrole nitrogens is 1. The predicted octanol–water partition coefficient (Wildman–Crippen LogP) is 2.02. The smallest absolute Gasteiger partial charge is 0.153 e. The highest BCUT2D eigenvalue weighted by molar-refractivity contribution is 5.89. The maximum absolute atomic E-state index is 5.68. The van der Waals surface area contributed by atoms with E-state index in [0.717, 1.165) is 16.8 Å². The molecule has 1 aliphatic carbocycles. The van der Waals surface area contributed by atoms with Crippen molar-refractivity contribution in [3.63, 3.8) is 0 Å². The fourth-order valence-electron chi connectivity index (χ4n) is 1.73. The van der Waals surface area contributed by atoms with E-state index in [2.05, 4.69) is 28.4 Å². The summed E-state index contributed by atoms with van der Waals surface area (Å²) in [7, 11) is 0. The van der Waals surface area contributed by atoms with Gasteiger partial charge in [-0.25, -0.2) is 0 Å². The van der Waals surface area contributed by atoms with Gasteiger partial charge < -0.3 is 5.73 Å². The van der Waals surface area contributed by atoms with E-state index < -0.39 is 0 Å². The molecule has 3 heteroatoms. The van der Waals surface area contributed by atoms with E-state index in [1.54, 1.807) is 0 Å². The number of aromatic nitrogens is 2. The van der Waals surface area contributed by atoms with Crippen LogP contribution in [0, 0.1) is 0 Å². The molecule has 3 N–H and O–H groups in total. The van der Waals surface area contributed by atoms with Gasteiger partial charge in [-0.05, 0) is 36.5 Å². The summed E-state index contributed by atoms with van der Waals surface area (Å²) in [6.07, 6.45) is 2.66. The van der Waals surface area contributed by atoms with Gasteiger partial charge in [0.05, 0.1) is 5.52 Å². The number of hydrogen-bond donors (Lipinski definition) is 2. The van der Waals surface area contributed by atoms with Gasteiger partial charge in [-0.1, -0.05) is 6.07 Å². The van der Waals surface area contributed by atoms with Crippen LogP contribution in [0.15, 0.2) is 18.2 Å². The molecule has 1 aromatic carbocycles. The third-order valence-electron chi connectivity index (χ3n) is 2.67. The van der Waals surface area contributed by atoms with E-state index in [-0.39, 0.29) is 0 Å². The van der Waals surface area contributed by atoms with Gasteiger partial charge in [-0.15, -0.1) is 0 Å². The molecule has 0 atom stereocenters. The third kappa shape index (κ3) is 1.00. The van der Waals surface area contributed by atoms with Crippen molar-refractivity contribution in [2.24, 2.45) is 0 Å². The number of nitrogens with two attached hydrogens (primary N) is 1. The summed E-state index contributed by atoms with van der Waals surface area (Å²) in [4.78, 5) is 0. The maximum Gasteiger partial charge on any atom is 0.153 e. The van der Waals surface area contributed by atoms with Gasteiger partial charge in [0.15, 0.2) is 5.82 Å². The summed E-state index contributed by atoms with van der Waals surface area (Å²) in [6.45, 7) is 0. The van der Waals surface area contributed by atoms with Crippen LogP contribution in [0.4, 0.5) is 5.82 Å². The maximum atomic E-state index is 5.68. The molecule has 0 spiro atoms. The number of nitrogens with zero attached hydrogens (tertiary/aromatic N) is 1. The lowest BCUT2D eigenvalue weighted by molar-refractivity contribution is 1.11. The van der Waals surface area contributed by atoms with E-state index in [4.69, 9.17) is 5.73 Å². The highest BCUT2D eigenvalue weighted by atomic mass is 15.1. The molecule has 1 saturated carbocycles.